The molecule has 1 saturated heterocycles. The summed E-state index contributed by atoms with van der Waals surface area (Å²) in [6, 6.07) is 8.16. The molecule has 1 aromatic carbocycles. The van der Waals surface area contributed by atoms with Crippen LogP contribution in [0, 0.1) is 0 Å². The van der Waals surface area contributed by atoms with Crippen LogP contribution in [0.5, 0.6) is 5.75 Å². The first-order chi connectivity index (χ1) is 6.29. The predicted molar refractivity (Wildman–Crippen MR) is 51.0 cm³/mol. The lowest BCUT2D eigenvalue weighted by Crippen LogP contribution is -1.95. The van der Waals surface area contributed by atoms with Gasteiger partial charge >= 0.3 is 0 Å². The molecule has 1 aliphatic heterocycles. The Labute approximate surface area is 78.5 Å². The molecule has 0 aromatic heterocycles. The maximum absolute atomic E-state index is 5.35. The summed E-state index contributed by atoms with van der Waals surface area (Å²) in [5, 5.41) is 0. The molecule has 0 amide bonds. The monoisotopic (exact) mass is 178 g/mol. The normalized spacial score (nSPS) is 25.7. The molecule has 1 fully saturated rings. The van der Waals surface area contributed by atoms with Crippen molar-refractivity contribution in [2.75, 3.05) is 7.11 Å². The smallest absolute Gasteiger partial charge is 0.118 e. The van der Waals surface area contributed by atoms with Crippen LogP contribution in [0.25, 0.3) is 0 Å². The largest absolute Gasteiger partial charge is 0.497 e. The molecule has 2 atom stereocenters. The van der Waals surface area contributed by atoms with Crippen molar-refractivity contribution in [3.05, 3.63) is 29.8 Å². The highest BCUT2D eigenvalue weighted by atomic mass is 16.6. The van der Waals surface area contributed by atoms with E-state index in [1.165, 1.54) is 5.56 Å². The van der Waals surface area contributed by atoms with Gasteiger partial charge in [-0.05, 0) is 24.6 Å². The third-order valence-electron chi connectivity index (χ3n) is 2.43. The van der Waals surface area contributed by atoms with Gasteiger partial charge in [0.2, 0.25) is 0 Å². The average Bonchev–Trinajstić information content (AvgIpc) is 2.83. The van der Waals surface area contributed by atoms with Gasteiger partial charge in [0.05, 0.1) is 19.3 Å². The minimum atomic E-state index is 0.438. The van der Waals surface area contributed by atoms with Gasteiger partial charge in [0.15, 0.2) is 0 Å². The van der Waals surface area contributed by atoms with Crippen LogP contribution in [0.2, 0.25) is 0 Å². The topological polar surface area (TPSA) is 21.8 Å². The van der Waals surface area contributed by atoms with E-state index in [9.17, 15) is 0 Å². The summed E-state index contributed by atoms with van der Waals surface area (Å²) in [6.07, 6.45) is 1.90. The minimum absolute atomic E-state index is 0.438. The van der Waals surface area contributed by atoms with Crippen LogP contribution < -0.4 is 4.74 Å². The Morgan fingerprint density at radius 3 is 2.38 bits per heavy atom. The van der Waals surface area contributed by atoms with E-state index in [1.807, 2.05) is 12.1 Å². The Balaban J connectivity index is 1.97. The first kappa shape index (κ1) is 8.57. The quantitative estimate of drug-likeness (QED) is 0.660. The number of hydrogen-bond acceptors (Lipinski definition) is 2. The van der Waals surface area contributed by atoms with E-state index >= 15 is 0 Å². The van der Waals surface area contributed by atoms with Gasteiger partial charge in [-0.3, -0.25) is 0 Å². The molecule has 0 N–H and O–H groups in total. The zero-order valence-electron chi connectivity index (χ0n) is 7.99. The van der Waals surface area contributed by atoms with Crippen molar-refractivity contribution in [3.63, 3.8) is 0 Å². The highest BCUT2D eigenvalue weighted by Gasteiger charge is 2.33. The Hall–Kier alpha value is -1.02. The molecule has 0 spiro atoms. The molecule has 0 bridgehead atoms. The Kier molecular flexibility index (Phi) is 2.23. The van der Waals surface area contributed by atoms with Gasteiger partial charge in [0.25, 0.3) is 0 Å². The Morgan fingerprint density at radius 2 is 1.92 bits per heavy atom. The van der Waals surface area contributed by atoms with Crippen LogP contribution in [-0.2, 0) is 11.2 Å². The van der Waals surface area contributed by atoms with Gasteiger partial charge in [0.1, 0.15) is 5.75 Å². The second-order valence-corrected chi connectivity index (χ2v) is 3.43. The maximum atomic E-state index is 5.35. The van der Waals surface area contributed by atoms with E-state index in [-0.39, 0.29) is 0 Å². The van der Waals surface area contributed by atoms with E-state index in [1.54, 1.807) is 7.11 Å². The second-order valence-electron chi connectivity index (χ2n) is 3.43. The van der Waals surface area contributed by atoms with E-state index in [0.717, 1.165) is 12.2 Å². The molecule has 1 aromatic rings. The molecule has 1 aliphatic rings. The Bertz CT molecular complexity index is 279. The van der Waals surface area contributed by atoms with Crippen LogP contribution in [-0.4, -0.2) is 19.3 Å². The lowest BCUT2D eigenvalue weighted by Gasteiger charge is -2.00. The third kappa shape index (κ3) is 2.01. The molecule has 70 valence electrons. The van der Waals surface area contributed by atoms with E-state index in [4.69, 9.17) is 9.47 Å². The van der Waals surface area contributed by atoms with Gasteiger partial charge in [-0.1, -0.05) is 12.1 Å². The molecule has 0 aliphatic carbocycles. The highest BCUT2D eigenvalue weighted by Crippen LogP contribution is 2.25. The summed E-state index contributed by atoms with van der Waals surface area (Å²) in [6.45, 7) is 2.11. The number of hydrogen-bond donors (Lipinski definition) is 0. The Morgan fingerprint density at radius 1 is 1.31 bits per heavy atom. The lowest BCUT2D eigenvalue weighted by molar-refractivity contribution is 0.378. The summed E-state index contributed by atoms with van der Waals surface area (Å²) in [4.78, 5) is 0. The second kappa shape index (κ2) is 3.38. The van der Waals surface area contributed by atoms with Gasteiger partial charge in [-0.2, -0.15) is 0 Å². The zero-order valence-corrected chi connectivity index (χ0v) is 7.99. The minimum Gasteiger partial charge on any atom is -0.497 e. The molecule has 1 heterocycles. The summed E-state index contributed by atoms with van der Waals surface area (Å²) >= 11 is 0. The standard InChI is InChI=1S/C11H14O2/c1-8-11(13-8)7-9-3-5-10(12-2)6-4-9/h3-6,8,11H,7H2,1-2H3. The average molecular weight is 178 g/mol. The van der Waals surface area contributed by atoms with E-state index in [2.05, 4.69) is 19.1 Å². The van der Waals surface area contributed by atoms with Crippen molar-refractivity contribution in [3.8, 4) is 5.75 Å². The number of methoxy groups -OCH3 is 1. The van der Waals surface area contributed by atoms with Gasteiger partial charge in [-0.15, -0.1) is 0 Å². The highest BCUT2D eigenvalue weighted by molar-refractivity contribution is 5.27. The number of benzene rings is 1. The summed E-state index contributed by atoms with van der Waals surface area (Å²) in [5.74, 6) is 0.911. The first-order valence-corrected chi connectivity index (χ1v) is 4.58. The van der Waals surface area contributed by atoms with Gasteiger partial charge in [-0.25, -0.2) is 0 Å². The van der Waals surface area contributed by atoms with Crippen molar-refractivity contribution >= 4 is 0 Å². The number of ether oxygens (including phenoxy) is 2. The van der Waals surface area contributed by atoms with Gasteiger partial charge in [0, 0.05) is 6.42 Å². The fourth-order valence-corrected chi connectivity index (χ4v) is 1.44. The van der Waals surface area contributed by atoms with Crippen molar-refractivity contribution in [2.45, 2.75) is 25.6 Å². The van der Waals surface area contributed by atoms with Crippen molar-refractivity contribution < 1.29 is 9.47 Å². The summed E-state index contributed by atoms with van der Waals surface area (Å²) in [5.41, 5.74) is 1.31. The van der Waals surface area contributed by atoms with E-state index < -0.39 is 0 Å². The summed E-state index contributed by atoms with van der Waals surface area (Å²) in [7, 11) is 1.68. The molecule has 2 rings (SSSR count). The van der Waals surface area contributed by atoms with Crippen molar-refractivity contribution in [1.82, 2.24) is 0 Å². The van der Waals surface area contributed by atoms with Crippen LogP contribution in [0.1, 0.15) is 12.5 Å². The van der Waals surface area contributed by atoms with Crippen LogP contribution in [0.4, 0.5) is 0 Å². The zero-order chi connectivity index (χ0) is 9.26. The van der Waals surface area contributed by atoms with Crippen molar-refractivity contribution in [1.29, 1.82) is 0 Å². The third-order valence-corrected chi connectivity index (χ3v) is 2.43. The SMILES string of the molecule is COc1ccc(CC2OC2C)cc1. The van der Waals surface area contributed by atoms with Crippen molar-refractivity contribution in [2.24, 2.45) is 0 Å². The molecule has 0 radical (unpaired) electrons. The molecular formula is C11H14O2. The maximum Gasteiger partial charge on any atom is 0.118 e. The fraction of sp³-hybridized carbons (Fsp3) is 0.455. The first-order valence-electron chi connectivity index (χ1n) is 4.58. The predicted octanol–water partition coefficient (Wildman–Crippen LogP) is 2.02. The van der Waals surface area contributed by atoms with Gasteiger partial charge < -0.3 is 9.47 Å². The summed E-state index contributed by atoms with van der Waals surface area (Å²) < 4.78 is 10.4. The molecule has 2 nitrogen and oxygen atoms in total. The fourth-order valence-electron chi connectivity index (χ4n) is 1.44. The number of epoxide rings is 1. The molecule has 13 heavy (non-hydrogen) atoms. The number of rotatable bonds is 3. The molecule has 2 heteroatoms. The molecule has 2 unspecified atom stereocenters. The van der Waals surface area contributed by atoms with Crippen LogP contribution in [0.15, 0.2) is 24.3 Å². The molecule has 0 saturated carbocycles. The lowest BCUT2D eigenvalue weighted by atomic mass is 10.1. The van der Waals surface area contributed by atoms with Crippen LogP contribution in [0.3, 0.4) is 0 Å². The van der Waals surface area contributed by atoms with Crippen LogP contribution >= 0.6 is 0 Å². The van der Waals surface area contributed by atoms with E-state index in [0.29, 0.717) is 12.2 Å². The molecular weight excluding hydrogens is 164 g/mol.